The molecule has 1 aliphatic rings. The average Bonchev–Trinajstić information content (AvgIpc) is 3.29. The van der Waals surface area contributed by atoms with Gasteiger partial charge in [0.05, 0.1) is 6.61 Å². The van der Waals surface area contributed by atoms with Crippen LogP contribution in [0.1, 0.15) is 116 Å². The molecule has 64 heavy (non-hydrogen) atoms. The standard InChI is InChI=1S/C48H73F2N3O11/c1-6-10-28-58-35-39-41(59-29-11-7-2)42(60-30-12-8-3)43(61-31-13-9-4)47(5,64-39)48(49,50)45(56)51-27-21-20-26-38(53-46(57)63-34-37-24-18-15-19-25-37)44(55)52-32-40(54)62-33-36-22-16-14-17-23-36/h14-19,22-25,38-39,41-43H,6-13,20-21,26-35H2,1-5H3,(H,51,56)(H,52,55)(H,53,57)/t38-,39+,41-,42-,43+,47+/m0/s1. The lowest BCUT2D eigenvalue weighted by Crippen LogP contribution is -2.74. The zero-order valence-electron chi connectivity index (χ0n) is 38.5. The predicted molar refractivity (Wildman–Crippen MR) is 238 cm³/mol. The van der Waals surface area contributed by atoms with Gasteiger partial charge >= 0.3 is 18.0 Å². The van der Waals surface area contributed by atoms with Gasteiger partial charge in [-0.3, -0.25) is 14.4 Å². The number of alkyl carbamates (subject to hydrolysis) is 1. The van der Waals surface area contributed by atoms with E-state index in [9.17, 15) is 19.2 Å². The van der Waals surface area contributed by atoms with Crippen LogP contribution in [-0.2, 0) is 60.8 Å². The van der Waals surface area contributed by atoms with Crippen LogP contribution in [0.3, 0.4) is 0 Å². The topological polar surface area (TPSA) is 169 Å². The molecule has 0 bridgehead atoms. The summed E-state index contributed by atoms with van der Waals surface area (Å²) in [5, 5.41) is 7.41. The van der Waals surface area contributed by atoms with Crippen molar-refractivity contribution in [3.63, 3.8) is 0 Å². The van der Waals surface area contributed by atoms with Gasteiger partial charge in [-0.15, -0.1) is 0 Å². The first-order valence-corrected chi connectivity index (χ1v) is 23.1. The highest BCUT2D eigenvalue weighted by Crippen LogP contribution is 2.45. The minimum atomic E-state index is -4.12. The number of alkyl halides is 2. The molecule has 360 valence electrons. The Kier molecular flexibility index (Phi) is 25.4. The van der Waals surface area contributed by atoms with E-state index in [1.54, 1.807) is 48.5 Å². The zero-order chi connectivity index (χ0) is 46.6. The van der Waals surface area contributed by atoms with Gasteiger partial charge in [-0.1, -0.05) is 114 Å². The fourth-order valence-electron chi connectivity index (χ4n) is 6.95. The van der Waals surface area contributed by atoms with Crippen LogP contribution >= 0.6 is 0 Å². The third-order valence-corrected chi connectivity index (χ3v) is 10.8. The largest absolute Gasteiger partial charge is 0.460 e. The van der Waals surface area contributed by atoms with Gasteiger partial charge in [0.25, 0.3) is 5.91 Å². The molecule has 2 aromatic rings. The Morgan fingerprint density at radius 2 is 1.25 bits per heavy atom. The third-order valence-electron chi connectivity index (χ3n) is 10.8. The number of ether oxygens (including phenoxy) is 7. The van der Waals surface area contributed by atoms with Crippen molar-refractivity contribution in [2.24, 2.45) is 0 Å². The maximum absolute atomic E-state index is 16.9. The van der Waals surface area contributed by atoms with E-state index in [4.69, 9.17) is 33.2 Å². The molecular formula is C48H73F2N3O11. The van der Waals surface area contributed by atoms with Gasteiger partial charge in [0, 0.05) is 33.0 Å². The molecule has 2 aromatic carbocycles. The second-order valence-corrected chi connectivity index (χ2v) is 16.2. The van der Waals surface area contributed by atoms with Crippen LogP contribution in [0.15, 0.2) is 60.7 Å². The summed E-state index contributed by atoms with van der Waals surface area (Å²) < 4.78 is 75.6. The normalized spacial score (nSPS) is 20.2. The van der Waals surface area contributed by atoms with E-state index < -0.39 is 72.4 Å². The molecule has 3 rings (SSSR count). The molecule has 14 nitrogen and oxygen atoms in total. The van der Waals surface area contributed by atoms with Crippen molar-refractivity contribution in [3.8, 4) is 0 Å². The highest BCUT2D eigenvalue weighted by Gasteiger charge is 2.68. The van der Waals surface area contributed by atoms with Gasteiger partial charge in [0.1, 0.15) is 50.2 Å². The Balaban J connectivity index is 1.73. The molecule has 1 aliphatic heterocycles. The summed E-state index contributed by atoms with van der Waals surface area (Å²) in [4.78, 5) is 52.2. The summed E-state index contributed by atoms with van der Waals surface area (Å²) in [6, 6.07) is 16.8. The summed E-state index contributed by atoms with van der Waals surface area (Å²) in [6.45, 7) is 9.66. The Bertz CT molecular complexity index is 1630. The number of hydrogen-bond donors (Lipinski definition) is 3. The smallest absolute Gasteiger partial charge is 0.408 e. The van der Waals surface area contributed by atoms with Crippen molar-refractivity contribution in [2.75, 3.05) is 46.1 Å². The summed E-state index contributed by atoms with van der Waals surface area (Å²) in [7, 11) is 0. The number of esters is 1. The fourth-order valence-corrected chi connectivity index (χ4v) is 6.95. The number of halogens is 2. The minimum Gasteiger partial charge on any atom is -0.460 e. The van der Waals surface area contributed by atoms with Crippen molar-refractivity contribution in [2.45, 2.75) is 160 Å². The highest BCUT2D eigenvalue weighted by molar-refractivity contribution is 5.88. The van der Waals surface area contributed by atoms with E-state index in [0.29, 0.717) is 26.1 Å². The number of amides is 3. The Morgan fingerprint density at radius 3 is 1.84 bits per heavy atom. The molecular weight excluding hydrogens is 833 g/mol. The molecule has 0 spiro atoms. The summed E-state index contributed by atoms with van der Waals surface area (Å²) >= 11 is 0. The van der Waals surface area contributed by atoms with Gasteiger partial charge in [0.2, 0.25) is 5.91 Å². The van der Waals surface area contributed by atoms with Crippen molar-refractivity contribution in [1.29, 1.82) is 0 Å². The van der Waals surface area contributed by atoms with E-state index in [1.807, 2.05) is 39.8 Å². The van der Waals surface area contributed by atoms with Crippen molar-refractivity contribution in [1.82, 2.24) is 16.0 Å². The minimum absolute atomic E-state index is 0.0148. The molecule has 0 unspecified atom stereocenters. The van der Waals surface area contributed by atoms with Crippen LogP contribution in [0.5, 0.6) is 0 Å². The maximum atomic E-state index is 16.9. The monoisotopic (exact) mass is 906 g/mol. The Morgan fingerprint density at radius 1 is 0.703 bits per heavy atom. The first-order valence-electron chi connectivity index (χ1n) is 23.1. The van der Waals surface area contributed by atoms with Crippen LogP contribution in [0, 0.1) is 0 Å². The van der Waals surface area contributed by atoms with Crippen LogP contribution in [0.2, 0.25) is 0 Å². The summed E-state index contributed by atoms with van der Waals surface area (Å²) in [6.07, 6.45) is 1.46. The first-order chi connectivity index (χ1) is 30.9. The van der Waals surface area contributed by atoms with Gasteiger partial charge < -0.3 is 49.1 Å². The molecule has 16 heteroatoms. The maximum Gasteiger partial charge on any atom is 0.408 e. The fraction of sp³-hybridized carbons (Fsp3) is 0.667. The van der Waals surface area contributed by atoms with Crippen molar-refractivity contribution in [3.05, 3.63) is 71.8 Å². The van der Waals surface area contributed by atoms with Crippen molar-refractivity contribution >= 4 is 23.9 Å². The molecule has 1 saturated heterocycles. The number of unbranched alkanes of at least 4 members (excludes halogenated alkanes) is 5. The quantitative estimate of drug-likeness (QED) is 0.0489. The lowest BCUT2D eigenvalue weighted by atomic mass is 9.80. The van der Waals surface area contributed by atoms with Crippen LogP contribution < -0.4 is 16.0 Å². The summed E-state index contributed by atoms with van der Waals surface area (Å²) in [5.41, 5.74) is -0.985. The van der Waals surface area contributed by atoms with Gasteiger partial charge in [-0.05, 0) is 63.0 Å². The number of nitrogens with one attached hydrogen (secondary N) is 3. The van der Waals surface area contributed by atoms with Gasteiger partial charge in [0.15, 0.2) is 5.60 Å². The number of rotatable bonds is 32. The average molecular weight is 906 g/mol. The number of benzene rings is 2. The molecule has 3 amide bonds. The number of carbonyl (C=O) groups excluding carboxylic acids is 4. The molecule has 0 radical (unpaired) electrons. The van der Waals surface area contributed by atoms with E-state index in [-0.39, 0.29) is 58.8 Å². The lowest BCUT2D eigenvalue weighted by Gasteiger charge is -2.53. The lowest BCUT2D eigenvalue weighted by molar-refractivity contribution is -0.338. The molecule has 1 heterocycles. The second kappa shape index (κ2) is 30.1. The molecule has 0 aliphatic carbocycles. The number of carbonyl (C=O) groups is 4. The number of hydrogen-bond acceptors (Lipinski definition) is 11. The van der Waals surface area contributed by atoms with Crippen LogP contribution in [0.25, 0.3) is 0 Å². The van der Waals surface area contributed by atoms with E-state index in [1.165, 1.54) is 6.92 Å². The molecule has 0 aromatic heterocycles. The molecule has 1 fully saturated rings. The van der Waals surface area contributed by atoms with E-state index in [2.05, 4.69) is 16.0 Å². The molecule has 6 atom stereocenters. The summed E-state index contributed by atoms with van der Waals surface area (Å²) in [5.74, 6) is -7.04. The third kappa shape index (κ3) is 18.0. The van der Waals surface area contributed by atoms with Crippen LogP contribution in [0.4, 0.5) is 13.6 Å². The van der Waals surface area contributed by atoms with Gasteiger partial charge in [-0.2, -0.15) is 8.78 Å². The van der Waals surface area contributed by atoms with Crippen LogP contribution in [-0.4, -0.2) is 112 Å². The predicted octanol–water partition coefficient (Wildman–Crippen LogP) is 7.59. The zero-order valence-corrected chi connectivity index (χ0v) is 38.5. The van der Waals surface area contributed by atoms with Gasteiger partial charge in [-0.25, -0.2) is 4.79 Å². The SMILES string of the molecule is CCCCOC[C@H]1O[C@@](C)(C(F)(F)C(=O)NCCCC[C@H](NC(=O)OCc2ccccc2)C(=O)NCC(=O)OCc2ccccc2)[C@H](OCCCC)[C@@H](OCCCC)[C@H]1OCCCC. The Hall–Kier alpha value is -4.22. The first kappa shape index (κ1) is 54.1. The Labute approximate surface area is 378 Å². The molecule has 0 saturated carbocycles. The molecule has 3 N–H and O–H groups in total. The van der Waals surface area contributed by atoms with Crippen molar-refractivity contribution < 1.29 is 61.1 Å². The highest BCUT2D eigenvalue weighted by atomic mass is 19.3. The van der Waals surface area contributed by atoms with E-state index in [0.717, 1.165) is 49.7 Å². The van der Waals surface area contributed by atoms with E-state index >= 15 is 8.78 Å². The second-order valence-electron chi connectivity index (χ2n) is 16.2.